The number of hydrogen-bond acceptors (Lipinski definition) is 2. The van der Waals surface area contributed by atoms with Gasteiger partial charge in [-0.25, -0.2) is 0 Å². The molecule has 1 saturated heterocycles. The van der Waals surface area contributed by atoms with Gasteiger partial charge in [0, 0.05) is 11.1 Å². The highest BCUT2D eigenvalue weighted by Crippen LogP contribution is 2.30. The van der Waals surface area contributed by atoms with Crippen molar-refractivity contribution in [2.24, 2.45) is 4.99 Å². The molecule has 1 rings (SSSR count). The van der Waals surface area contributed by atoms with Crippen molar-refractivity contribution >= 4 is 6.21 Å². The third-order valence-electron chi connectivity index (χ3n) is 3.42. The molecule has 1 heterocycles. The van der Waals surface area contributed by atoms with Gasteiger partial charge in [0.2, 0.25) is 0 Å². The summed E-state index contributed by atoms with van der Waals surface area (Å²) >= 11 is 0. The number of nitrogens with zero attached hydrogens (tertiary/aromatic N) is 1. The van der Waals surface area contributed by atoms with E-state index in [9.17, 15) is 0 Å². The van der Waals surface area contributed by atoms with Crippen molar-refractivity contribution < 1.29 is 0 Å². The zero-order chi connectivity index (χ0) is 12.9. The lowest BCUT2D eigenvalue weighted by Gasteiger charge is -2.45. The quantitative estimate of drug-likeness (QED) is 0.569. The molecule has 1 N–H and O–H groups in total. The second-order valence-corrected chi connectivity index (χ2v) is 6.78. The van der Waals surface area contributed by atoms with E-state index < -0.39 is 0 Å². The number of rotatable bonds is 5. The van der Waals surface area contributed by atoms with Crippen molar-refractivity contribution in [1.29, 1.82) is 0 Å². The fraction of sp³-hybridized carbons (Fsp3) is 0.933. The Bertz CT molecular complexity index is 238. The average Bonchev–Trinajstić information content (AvgIpc) is 2.12. The van der Waals surface area contributed by atoms with E-state index in [-0.39, 0.29) is 11.1 Å². The maximum atomic E-state index is 4.78. The maximum Gasteiger partial charge on any atom is 0.0530 e. The molecule has 1 fully saturated rings. The minimum Gasteiger partial charge on any atom is -0.307 e. The van der Waals surface area contributed by atoms with Crippen LogP contribution in [0.5, 0.6) is 0 Å². The molecule has 2 heteroatoms. The van der Waals surface area contributed by atoms with Crippen molar-refractivity contribution in [1.82, 2.24) is 5.32 Å². The number of aliphatic imine (C=N–C) groups is 1. The summed E-state index contributed by atoms with van der Waals surface area (Å²) in [5, 5.41) is 3.70. The molecule has 2 nitrogen and oxygen atoms in total. The molecule has 0 unspecified atom stereocenters. The van der Waals surface area contributed by atoms with Gasteiger partial charge in [0.15, 0.2) is 0 Å². The van der Waals surface area contributed by atoms with E-state index in [1.54, 1.807) is 0 Å². The van der Waals surface area contributed by atoms with Crippen LogP contribution in [0.15, 0.2) is 4.99 Å². The van der Waals surface area contributed by atoms with Crippen LogP contribution in [0.4, 0.5) is 0 Å². The minimum absolute atomic E-state index is 0.215. The molecule has 0 bridgehead atoms. The summed E-state index contributed by atoms with van der Waals surface area (Å²) in [6, 6.07) is 0.503. The number of nitrogens with one attached hydrogen (secondary N) is 1. The Morgan fingerprint density at radius 1 is 1.12 bits per heavy atom. The maximum absolute atomic E-state index is 4.78. The van der Waals surface area contributed by atoms with Gasteiger partial charge in [-0.05, 0) is 59.6 Å². The van der Waals surface area contributed by atoms with Crippen molar-refractivity contribution in [2.75, 3.05) is 0 Å². The van der Waals surface area contributed by atoms with E-state index >= 15 is 0 Å². The topological polar surface area (TPSA) is 24.4 Å². The van der Waals surface area contributed by atoms with Crippen LogP contribution < -0.4 is 5.32 Å². The summed E-state index contributed by atoms with van der Waals surface area (Å²) in [6.07, 6.45) is 9.53. The highest BCUT2D eigenvalue weighted by molar-refractivity contribution is 5.57. The Labute approximate surface area is 107 Å². The number of hydrogen-bond donors (Lipinski definition) is 1. The molecule has 0 spiro atoms. The van der Waals surface area contributed by atoms with Gasteiger partial charge >= 0.3 is 0 Å². The van der Waals surface area contributed by atoms with Crippen molar-refractivity contribution in [3.63, 3.8) is 0 Å². The molecule has 0 amide bonds. The third-order valence-corrected chi connectivity index (χ3v) is 3.42. The van der Waals surface area contributed by atoms with E-state index in [0.29, 0.717) is 6.04 Å². The van der Waals surface area contributed by atoms with E-state index in [0.717, 1.165) is 19.3 Å². The fourth-order valence-electron chi connectivity index (χ4n) is 3.08. The summed E-state index contributed by atoms with van der Waals surface area (Å²) in [6.45, 7) is 11.4. The molecule has 0 aromatic rings. The summed E-state index contributed by atoms with van der Waals surface area (Å²) in [4.78, 5) is 4.78. The molecule has 0 saturated carbocycles. The highest BCUT2D eigenvalue weighted by Gasteiger charge is 2.37. The Balaban J connectivity index is 2.42. The van der Waals surface area contributed by atoms with Crippen LogP contribution in [0.25, 0.3) is 0 Å². The first kappa shape index (κ1) is 14.7. The fourth-order valence-corrected chi connectivity index (χ4v) is 3.08. The molecule has 0 atom stereocenters. The standard InChI is InChI=1S/C15H30N2/c1-6-7-8-9-10-16-13-11-14(2,3)17-15(4,5)12-13/h10,13,17H,6-9,11-12H2,1-5H3. The molecule has 1 aliphatic rings. The van der Waals surface area contributed by atoms with Gasteiger partial charge in [0.05, 0.1) is 6.04 Å². The van der Waals surface area contributed by atoms with Crippen LogP contribution >= 0.6 is 0 Å². The van der Waals surface area contributed by atoms with Crippen LogP contribution in [0, 0.1) is 0 Å². The molecular weight excluding hydrogens is 208 g/mol. The van der Waals surface area contributed by atoms with Crippen molar-refractivity contribution in [3.05, 3.63) is 0 Å². The molecule has 17 heavy (non-hydrogen) atoms. The lowest BCUT2D eigenvalue weighted by Crippen LogP contribution is -2.58. The Morgan fingerprint density at radius 2 is 1.71 bits per heavy atom. The van der Waals surface area contributed by atoms with Gasteiger partial charge in [-0.15, -0.1) is 0 Å². The SMILES string of the molecule is CCCCCC=NC1CC(C)(C)NC(C)(C)C1. The predicted octanol–water partition coefficient (Wildman–Crippen LogP) is 3.95. The average molecular weight is 238 g/mol. The first-order valence-corrected chi connectivity index (χ1v) is 7.16. The summed E-state index contributed by atoms with van der Waals surface area (Å²) in [5.74, 6) is 0. The van der Waals surface area contributed by atoms with Gasteiger partial charge in [-0.1, -0.05) is 19.8 Å². The van der Waals surface area contributed by atoms with Crippen molar-refractivity contribution in [2.45, 2.75) is 90.3 Å². The molecule has 0 aliphatic carbocycles. The predicted molar refractivity (Wildman–Crippen MR) is 76.9 cm³/mol. The Morgan fingerprint density at radius 3 is 2.24 bits per heavy atom. The smallest absolute Gasteiger partial charge is 0.0530 e. The largest absolute Gasteiger partial charge is 0.307 e. The number of unbranched alkanes of at least 4 members (excludes halogenated alkanes) is 3. The summed E-state index contributed by atoms with van der Waals surface area (Å²) < 4.78 is 0. The number of piperidine rings is 1. The van der Waals surface area contributed by atoms with Crippen LogP contribution in [-0.2, 0) is 0 Å². The molecule has 1 aliphatic heterocycles. The van der Waals surface area contributed by atoms with Crippen molar-refractivity contribution in [3.8, 4) is 0 Å². The van der Waals surface area contributed by atoms with Crippen LogP contribution in [-0.4, -0.2) is 23.3 Å². The van der Waals surface area contributed by atoms with E-state index in [1.165, 1.54) is 19.3 Å². The Kier molecular flexibility index (Phi) is 5.18. The minimum atomic E-state index is 0.215. The van der Waals surface area contributed by atoms with Crippen LogP contribution in [0.3, 0.4) is 0 Å². The zero-order valence-corrected chi connectivity index (χ0v) is 12.3. The van der Waals surface area contributed by atoms with E-state index in [1.807, 2.05) is 0 Å². The molecule has 0 radical (unpaired) electrons. The van der Waals surface area contributed by atoms with E-state index in [4.69, 9.17) is 4.99 Å². The van der Waals surface area contributed by atoms with Gasteiger partial charge < -0.3 is 5.32 Å². The molecule has 100 valence electrons. The van der Waals surface area contributed by atoms with Gasteiger partial charge in [-0.2, -0.15) is 0 Å². The zero-order valence-electron chi connectivity index (χ0n) is 12.3. The van der Waals surface area contributed by atoms with E-state index in [2.05, 4.69) is 46.2 Å². The van der Waals surface area contributed by atoms with Gasteiger partial charge in [-0.3, -0.25) is 4.99 Å². The van der Waals surface area contributed by atoms with Crippen LogP contribution in [0.1, 0.15) is 73.1 Å². The highest BCUT2D eigenvalue weighted by atomic mass is 15.1. The Hall–Kier alpha value is -0.370. The monoisotopic (exact) mass is 238 g/mol. The normalized spacial score (nSPS) is 24.3. The second-order valence-electron chi connectivity index (χ2n) is 6.78. The first-order valence-electron chi connectivity index (χ1n) is 7.16. The molecule has 0 aromatic heterocycles. The van der Waals surface area contributed by atoms with Gasteiger partial charge in [0.25, 0.3) is 0 Å². The summed E-state index contributed by atoms with van der Waals surface area (Å²) in [7, 11) is 0. The molecular formula is C15H30N2. The first-order chi connectivity index (χ1) is 7.85. The van der Waals surface area contributed by atoms with Gasteiger partial charge in [0.1, 0.15) is 0 Å². The summed E-state index contributed by atoms with van der Waals surface area (Å²) in [5.41, 5.74) is 0.431. The molecule has 0 aromatic carbocycles. The lowest BCUT2D eigenvalue weighted by atomic mass is 9.80. The lowest BCUT2D eigenvalue weighted by molar-refractivity contribution is 0.164. The van der Waals surface area contributed by atoms with Crippen LogP contribution in [0.2, 0.25) is 0 Å². The third kappa shape index (κ3) is 5.67. The second kappa shape index (κ2) is 5.99.